The number of thioether (sulfide) groups is 1. The van der Waals surface area contributed by atoms with E-state index in [1.54, 1.807) is 0 Å². The molecule has 94 valence electrons. The summed E-state index contributed by atoms with van der Waals surface area (Å²) in [7, 11) is 0. The molecule has 1 aromatic rings. The van der Waals surface area contributed by atoms with E-state index in [1.165, 1.54) is 22.4 Å². The van der Waals surface area contributed by atoms with E-state index in [0.29, 0.717) is 5.25 Å². The maximum absolute atomic E-state index is 10.8. The Morgan fingerprint density at radius 2 is 2.18 bits per heavy atom. The van der Waals surface area contributed by atoms with E-state index in [-0.39, 0.29) is 0 Å². The molecule has 0 saturated carbocycles. The molecule has 1 aromatic carbocycles. The lowest BCUT2D eigenvalue weighted by atomic mass is 9.85. The zero-order chi connectivity index (χ0) is 12.5. The molecular weight excluding hydrogens is 228 g/mol. The van der Waals surface area contributed by atoms with E-state index in [2.05, 4.69) is 39.0 Å². The van der Waals surface area contributed by atoms with Gasteiger partial charge in [-0.2, -0.15) is 11.8 Å². The zero-order valence-electron chi connectivity index (χ0n) is 11.0. The molecule has 0 bridgehead atoms. The normalized spacial score (nSPS) is 29.3. The van der Waals surface area contributed by atoms with Crippen molar-refractivity contribution in [2.24, 2.45) is 0 Å². The SMILES string of the molecule is Cc1ccc(C)c(CC2(O)CCCSC2C)c1. The van der Waals surface area contributed by atoms with Gasteiger partial charge in [-0.15, -0.1) is 0 Å². The molecule has 1 aliphatic heterocycles. The predicted octanol–water partition coefficient (Wildman–Crippen LogP) is 3.49. The lowest BCUT2D eigenvalue weighted by Gasteiger charge is -2.38. The number of aryl methyl sites for hydroxylation is 2. The molecule has 0 amide bonds. The molecule has 1 heterocycles. The van der Waals surface area contributed by atoms with Gasteiger partial charge in [0.2, 0.25) is 0 Å². The van der Waals surface area contributed by atoms with Crippen molar-refractivity contribution >= 4 is 11.8 Å². The van der Waals surface area contributed by atoms with Crippen LogP contribution in [-0.4, -0.2) is 21.7 Å². The number of hydrogen-bond donors (Lipinski definition) is 1. The Hall–Kier alpha value is -0.470. The quantitative estimate of drug-likeness (QED) is 0.867. The van der Waals surface area contributed by atoms with Gasteiger partial charge in [0, 0.05) is 11.7 Å². The molecule has 2 rings (SSSR count). The molecule has 2 heteroatoms. The summed E-state index contributed by atoms with van der Waals surface area (Å²) >= 11 is 1.90. The molecule has 1 N–H and O–H groups in total. The van der Waals surface area contributed by atoms with Gasteiger partial charge in [0.15, 0.2) is 0 Å². The highest BCUT2D eigenvalue weighted by atomic mass is 32.2. The molecule has 2 unspecified atom stereocenters. The van der Waals surface area contributed by atoms with Crippen molar-refractivity contribution in [2.45, 2.75) is 50.9 Å². The Kier molecular flexibility index (Phi) is 3.84. The molecule has 2 atom stereocenters. The van der Waals surface area contributed by atoms with Crippen LogP contribution in [-0.2, 0) is 6.42 Å². The summed E-state index contributed by atoms with van der Waals surface area (Å²) < 4.78 is 0. The van der Waals surface area contributed by atoms with Crippen LogP contribution >= 0.6 is 11.8 Å². The van der Waals surface area contributed by atoms with Crippen molar-refractivity contribution in [1.29, 1.82) is 0 Å². The van der Waals surface area contributed by atoms with Crippen LogP contribution in [0, 0.1) is 13.8 Å². The van der Waals surface area contributed by atoms with Gasteiger partial charge in [0.1, 0.15) is 0 Å². The second kappa shape index (κ2) is 5.03. The second-order valence-electron chi connectivity index (χ2n) is 5.33. The van der Waals surface area contributed by atoms with Gasteiger partial charge in [-0.05, 0) is 43.6 Å². The highest BCUT2D eigenvalue weighted by molar-refractivity contribution is 8.00. The van der Waals surface area contributed by atoms with Crippen LogP contribution in [0.15, 0.2) is 18.2 Å². The molecule has 0 spiro atoms. The zero-order valence-corrected chi connectivity index (χ0v) is 11.8. The maximum atomic E-state index is 10.8. The van der Waals surface area contributed by atoms with Crippen molar-refractivity contribution in [1.82, 2.24) is 0 Å². The van der Waals surface area contributed by atoms with Crippen LogP contribution < -0.4 is 0 Å². The average molecular weight is 250 g/mol. The van der Waals surface area contributed by atoms with Crippen molar-refractivity contribution in [3.63, 3.8) is 0 Å². The molecule has 17 heavy (non-hydrogen) atoms. The molecular formula is C15H22OS. The van der Waals surface area contributed by atoms with Crippen molar-refractivity contribution in [3.8, 4) is 0 Å². The molecule has 1 nitrogen and oxygen atoms in total. The summed E-state index contributed by atoms with van der Waals surface area (Å²) in [5.74, 6) is 1.19. The summed E-state index contributed by atoms with van der Waals surface area (Å²) in [5, 5.41) is 11.1. The third kappa shape index (κ3) is 2.86. The Morgan fingerprint density at radius 1 is 1.41 bits per heavy atom. The van der Waals surface area contributed by atoms with E-state index in [0.717, 1.165) is 19.3 Å². The first-order chi connectivity index (χ1) is 8.01. The molecule has 1 fully saturated rings. The fourth-order valence-electron chi connectivity index (χ4n) is 2.55. The van der Waals surface area contributed by atoms with E-state index in [4.69, 9.17) is 0 Å². The summed E-state index contributed by atoms with van der Waals surface area (Å²) in [6.45, 7) is 6.42. The average Bonchev–Trinajstić information content (AvgIpc) is 2.28. The molecule has 1 saturated heterocycles. The predicted molar refractivity (Wildman–Crippen MR) is 75.7 cm³/mol. The Morgan fingerprint density at radius 3 is 2.88 bits per heavy atom. The number of benzene rings is 1. The largest absolute Gasteiger partial charge is 0.388 e. The molecule has 0 aromatic heterocycles. The first-order valence-electron chi connectivity index (χ1n) is 6.41. The number of aliphatic hydroxyl groups is 1. The van der Waals surface area contributed by atoms with Crippen LogP contribution in [0.4, 0.5) is 0 Å². The second-order valence-corrected chi connectivity index (χ2v) is 6.78. The minimum atomic E-state index is -0.512. The van der Waals surface area contributed by atoms with Crippen molar-refractivity contribution < 1.29 is 5.11 Å². The van der Waals surface area contributed by atoms with E-state index in [9.17, 15) is 5.11 Å². The minimum absolute atomic E-state index is 0.344. The monoisotopic (exact) mass is 250 g/mol. The van der Waals surface area contributed by atoms with Crippen LogP contribution in [0.2, 0.25) is 0 Å². The minimum Gasteiger partial charge on any atom is -0.388 e. The van der Waals surface area contributed by atoms with Gasteiger partial charge in [0.25, 0.3) is 0 Å². The van der Waals surface area contributed by atoms with Gasteiger partial charge >= 0.3 is 0 Å². The summed E-state index contributed by atoms with van der Waals surface area (Å²) in [4.78, 5) is 0. The van der Waals surface area contributed by atoms with E-state index in [1.807, 2.05) is 11.8 Å². The fourth-order valence-corrected chi connectivity index (χ4v) is 3.73. The smallest absolute Gasteiger partial charge is 0.0803 e. The standard InChI is InChI=1S/C15H22OS/c1-11-5-6-12(2)14(9-11)10-15(16)7-4-8-17-13(15)3/h5-6,9,13,16H,4,7-8,10H2,1-3H3. The van der Waals surface area contributed by atoms with Crippen molar-refractivity contribution in [2.75, 3.05) is 5.75 Å². The maximum Gasteiger partial charge on any atom is 0.0803 e. The Bertz CT molecular complexity index is 402. The highest BCUT2D eigenvalue weighted by Crippen LogP contribution is 2.36. The van der Waals surface area contributed by atoms with Gasteiger partial charge in [0.05, 0.1) is 5.60 Å². The first-order valence-corrected chi connectivity index (χ1v) is 7.46. The summed E-state index contributed by atoms with van der Waals surface area (Å²) in [5.41, 5.74) is 3.38. The fraction of sp³-hybridized carbons (Fsp3) is 0.600. The molecule has 1 aliphatic rings. The van der Waals surface area contributed by atoms with Gasteiger partial charge < -0.3 is 5.11 Å². The third-order valence-electron chi connectivity index (χ3n) is 3.88. The van der Waals surface area contributed by atoms with Crippen LogP contribution in [0.5, 0.6) is 0 Å². The van der Waals surface area contributed by atoms with Crippen LogP contribution in [0.1, 0.15) is 36.5 Å². The highest BCUT2D eigenvalue weighted by Gasteiger charge is 2.36. The Balaban J connectivity index is 2.21. The Labute approximate surface area is 109 Å². The van der Waals surface area contributed by atoms with Crippen molar-refractivity contribution in [3.05, 3.63) is 34.9 Å². The number of rotatable bonds is 2. The van der Waals surface area contributed by atoms with Crippen LogP contribution in [0.3, 0.4) is 0 Å². The topological polar surface area (TPSA) is 20.2 Å². The van der Waals surface area contributed by atoms with Gasteiger partial charge in [-0.3, -0.25) is 0 Å². The first kappa shape index (κ1) is 13.0. The third-order valence-corrected chi connectivity index (χ3v) is 5.34. The van der Waals surface area contributed by atoms with E-state index < -0.39 is 5.60 Å². The van der Waals surface area contributed by atoms with Crippen LogP contribution in [0.25, 0.3) is 0 Å². The molecule has 0 radical (unpaired) electrons. The summed E-state index contributed by atoms with van der Waals surface area (Å²) in [6.07, 6.45) is 2.87. The lowest BCUT2D eigenvalue weighted by Crippen LogP contribution is -2.43. The van der Waals surface area contributed by atoms with Gasteiger partial charge in [-0.25, -0.2) is 0 Å². The molecule has 0 aliphatic carbocycles. The lowest BCUT2D eigenvalue weighted by molar-refractivity contribution is 0.0296. The number of hydrogen-bond acceptors (Lipinski definition) is 2. The summed E-state index contributed by atoms with van der Waals surface area (Å²) in [6, 6.07) is 6.52. The van der Waals surface area contributed by atoms with E-state index >= 15 is 0 Å². The van der Waals surface area contributed by atoms with Gasteiger partial charge in [-0.1, -0.05) is 30.7 Å².